The van der Waals surface area contributed by atoms with Gasteiger partial charge in [-0.3, -0.25) is 0 Å². The van der Waals surface area contributed by atoms with Crippen LogP contribution in [-0.4, -0.2) is 7.05 Å². The van der Waals surface area contributed by atoms with E-state index in [1.165, 1.54) is 27.6 Å². The summed E-state index contributed by atoms with van der Waals surface area (Å²) in [7, 11) is 1.97. The number of nitrogens with one attached hydrogen (secondary N) is 1. The number of hydrogen-bond donors (Lipinski definition) is 1. The Morgan fingerprint density at radius 1 is 1.00 bits per heavy atom. The van der Waals surface area contributed by atoms with E-state index in [0.717, 1.165) is 0 Å². The Balaban J connectivity index is 2.89. The summed E-state index contributed by atoms with van der Waals surface area (Å²) in [5.74, 6) is 0. The van der Waals surface area contributed by atoms with E-state index in [0.29, 0.717) is 0 Å². The summed E-state index contributed by atoms with van der Waals surface area (Å²) in [6.07, 6.45) is 0. The van der Waals surface area contributed by atoms with Crippen LogP contribution in [0.1, 0.15) is 11.1 Å². The Kier molecular flexibility index (Phi) is 2.16. The normalized spacial score (nSPS) is 10.5. The molecule has 1 nitrogen and oxygen atoms in total. The second-order valence-corrected chi connectivity index (χ2v) is 3.66. The summed E-state index contributed by atoms with van der Waals surface area (Å²) in [6.45, 7) is 4.33. The zero-order valence-electron chi connectivity index (χ0n) is 8.89. The lowest BCUT2D eigenvalue weighted by molar-refractivity contribution is 1.37. The quantitative estimate of drug-likeness (QED) is 0.717. The van der Waals surface area contributed by atoms with Crippen molar-refractivity contribution >= 4 is 16.5 Å². The molecule has 0 saturated carbocycles. The van der Waals surface area contributed by atoms with Gasteiger partial charge < -0.3 is 5.32 Å². The van der Waals surface area contributed by atoms with Crippen LogP contribution in [0.15, 0.2) is 30.3 Å². The van der Waals surface area contributed by atoms with Gasteiger partial charge in [-0.15, -0.1) is 0 Å². The number of hydrogen-bond acceptors (Lipinski definition) is 1. The third-order valence-electron chi connectivity index (χ3n) is 2.85. The smallest absolute Gasteiger partial charge is 0.0420 e. The highest BCUT2D eigenvalue weighted by Crippen LogP contribution is 2.28. The minimum atomic E-state index is 1.21. The van der Waals surface area contributed by atoms with Crippen molar-refractivity contribution in [2.75, 3.05) is 12.4 Å². The minimum absolute atomic E-state index is 1.21. The average molecular weight is 185 g/mol. The molecule has 1 N–H and O–H groups in total. The highest BCUT2D eigenvalue weighted by molar-refractivity contribution is 5.97. The zero-order chi connectivity index (χ0) is 10.1. The van der Waals surface area contributed by atoms with E-state index in [2.05, 4.69) is 49.5 Å². The van der Waals surface area contributed by atoms with E-state index >= 15 is 0 Å². The van der Waals surface area contributed by atoms with Crippen molar-refractivity contribution in [2.24, 2.45) is 0 Å². The molecule has 2 rings (SSSR count). The summed E-state index contributed by atoms with van der Waals surface area (Å²) in [4.78, 5) is 0. The SMILES string of the molecule is CNc1cccc2ccc(C)c(C)c12. The van der Waals surface area contributed by atoms with Crippen molar-refractivity contribution in [3.63, 3.8) is 0 Å². The van der Waals surface area contributed by atoms with Gasteiger partial charge in [0.2, 0.25) is 0 Å². The molecule has 0 aliphatic carbocycles. The van der Waals surface area contributed by atoms with Gasteiger partial charge in [0.05, 0.1) is 0 Å². The monoisotopic (exact) mass is 185 g/mol. The van der Waals surface area contributed by atoms with Crippen molar-refractivity contribution < 1.29 is 0 Å². The molecular weight excluding hydrogens is 170 g/mol. The maximum absolute atomic E-state index is 3.24. The molecule has 0 aliphatic heterocycles. The van der Waals surface area contributed by atoms with E-state index < -0.39 is 0 Å². The molecule has 14 heavy (non-hydrogen) atoms. The Bertz CT molecular complexity index is 472. The van der Waals surface area contributed by atoms with Gasteiger partial charge in [-0.05, 0) is 36.4 Å². The molecule has 0 heterocycles. The van der Waals surface area contributed by atoms with E-state index in [4.69, 9.17) is 0 Å². The fourth-order valence-corrected chi connectivity index (χ4v) is 1.87. The Morgan fingerprint density at radius 3 is 2.50 bits per heavy atom. The van der Waals surface area contributed by atoms with E-state index in [-0.39, 0.29) is 0 Å². The summed E-state index contributed by atoms with van der Waals surface area (Å²) in [6, 6.07) is 10.7. The maximum Gasteiger partial charge on any atom is 0.0420 e. The minimum Gasteiger partial charge on any atom is -0.388 e. The number of benzene rings is 2. The fourth-order valence-electron chi connectivity index (χ4n) is 1.87. The molecule has 2 aromatic rings. The largest absolute Gasteiger partial charge is 0.388 e. The molecule has 2 aromatic carbocycles. The van der Waals surface area contributed by atoms with Crippen LogP contribution in [-0.2, 0) is 0 Å². The van der Waals surface area contributed by atoms with Gasteiger partial charge in [-0.25, -0.2) is 0 Å². The first-order valence-electron chi connectivity index (χ1n) is 4.90. The molecule has 1 heteroatoms. The topological polar surface area (TPSA) is 12.0 Å². The molecular formula is C13H15N. The van der Waals surface area contributed by atoms with Crippen LogP contribution in [0.25, 0.3) is 10.8 Å². The molecule has 0 spiro atoms. The number of fused-ring (bicyclic) bond motifs is 1. The van der Waals surface area contributed by atoms with Crippen molar-refractivity contribution in [3.05, 3.63) is 41.5 Å². The molecule has 0 saturated heterocycles. The first kappa shape index (κ1) is 9.07. The van der Waals surface area contributed by atoms with Gasteiger partial charge in [-0.1, -0.05) is 24.3 Å². The van der Waals surface area contributed by atoms with Crippen LogP contribution < -0.4 is 5.32 Å². The lowest BCUT2D eigenvalue weighted by atomic mass is 9.99. The number of aryl methyl sites for hydroxylation is 2. The predicted octanol–water partition coefficient (Wildman–Crippen LogP) is 3.50. The van der Waals surface area contributed by atoms with Crippen LogP contribution in [0, 0.1) is 13.8 Å². The predicted molar refractivity (Wildman–Crippen MR) is 63.0 cm³/mol. The number of anilines is 1. The first-order valence-corrected chi connectivity index (χ1v) is 4.90. The summed E-state index contributed by atoms with van der Waals surface area (Å²) in [5.41, 5.74) is 3.93. The average Bonchev–Trinajstić information content (AvgIpc) is 2.23. The molecule has 72 valence electrons. The van der Waals surface area contributed by atoms with Crippen molar-refractivity contribution in [2.45, 2.75) is 13.8 Å². The van der Waals surface area contributed by atoms with Crippen LogP contribution in [0.4, 0.5) is 5.69 Å². The van der Waals surface area contributed by atoms with Crippen LogP contribution in [0.3, 0.4) is 0 Å². The highest BCUT2D eigenvalue weighted by Gasteiger charge is 2.03. The van der Waals surface area contributed by atoms with Crippen LogP contribution in [0.2, 0.25) is 0 Å². The molecule has 0 radical (unpaired) electrons. The van der Waals surface area contributed by atoms with E-state index in [1.807, 2.05) is 7.05 Å². The summed E-state index contributed by atoms with van der Waals surface area (Å²) < 4.78 is 0. The second kappa shape index (κ2) is 3.33. The molecule has 0 aliphatic rings. The van der Waals surface area contributed by atoms with E-state index in [9.17, 15) is 0 Å². The summed E-state index contributed by atoms with van der Waals surface area (Å²) in [5, 5.41) is 5.89. The Hall–Kier alpha value is -1.50. The molecule has 0 aromatic heterocycles. The molecule has 0 amide bonds. The number of rotatable bonds is 1. The first-order chi connectivity index (χ1) is 6.74. The van der Waals surface area contributed by atoms with Crippen molar-refractivity contribution in [3.8, 4) is 0 Å². The van der Waals surface area contributed by atoms with Crippen molar-refractivity contribution in [1.29, 1.82) is 0 Å². The lowest BCUT2D eigenvalue weighted by Crippen LogP contribution is -1.92. The molecule has 0 unspecified atom stereocenters. The third-order valence-corrected chi connectivity index (χ3v) is 2.85. The molecule has 0 fully saturated rings. The van der Waals surface area contributed by atoms with Gasteiger partial charge in [0.1, 0.15) is 0 Å². The fraction of sp³-hybridized carbons (Fsp3) is 0.231. The second-order valence-electron chi connectivity index (χ2n) is 3.66. The van der Waals surface area contributed by atoms with Crippen LogP contribution >= 0.6 is 0 Å². The third kappa shape index (κ3) is 1.25. The van der Waals surface area contributed by atoms with Gasteiger partial charge in [0, 0.05) is 18.1 Å². The summed E-state index contributed by atoms with van der Waals surface area (Å²) >= 11 is 0. The lowest BCUT2D eigenvalue weighted by Gasteiger charge is -2.10. The standard InChI is InChI=1S/C13H15N/c1-9-7-8-11-5-4-6-12(14-3)13(11)10(9)2/h4-8,14H,1-3H3. The van der Waals surface area contributed by atoms with Crippen molar-refractivity contribution in [1.82, 2.24) is 0 Å². The van der Waals surface area contributed by atoms with Gasteiger partial charge >= 0.3 is 0 Å². The highest BCUT2D eigenvalue weighted by atomic mass is 14.8. The van der Waals surface area contributed by atoms with Crippen LogP contribution in [0.5, 0.6) is 0 Å². The maximum atomic E-state index is 3.24. The Morgan fingerprint density at radius 2 is 1.79 bits per heavy atom. The van der Waals surface area contributed by atoms with E-state index in [1.54, 1.807) is 0 Å². The van der Waals surface area contributed by atoms with Gasteiger partial charge in [-0.2, -0.15) is 0 Å². The molecule has 0 bridgehead atoms. The van der Waals surface area contributed by atoms with Gasteiger partial charge in [0.25, 0.3) is 0 Å². The Labute approximate surface area is 84.8 Å². The van der Waals surface area contributed by atoms with Gasteiger partial charge in [0.15, 0.2) is 0 Å². The zero-order valence-corrected chi connectivity index (χ0v) is 8.89. The molecule has 0 atom stereocenters.